The molecule has 0 bridgehead atoms. The fraction of sp³-hybridized carbons (Fsp3) is 0.364. The summed E-state index contributed by atoms with van der Waals surface area (Å²) in [7, 11) is 0. The molecule has 1 atom stereocenters. The first kappa shape index (κ1) is 12.5. The highest BCUT2D eigenvalue weighted by molar-refractivity contribution is 5.98. The zero-order chi connectivity index (χ0) is 12.0. The van der Waals surface area contributed by atoms with E-state index in [1.165, 1.54) is 0 Å². The van der Waals surface area contributed by atoms with E-state index >= 15 is 0 Å². The van der Waals surface area contributed by atoms with E-state index in [0.717, 1.165) is 5.56 Å². The van der Waals surface area contributed by atoms with Gasteiger partial charge >= 0.3 is 0 Å². The zero-order valence-electron chi connectivity index (χ0n) is 9.00. The standard InChI is InChI=1S/C11H15NO4/c1-8(12-15)9-2-4-11(5-3-9)16-7-10(14)6-13/h2-5,10,13-15H,6-7H2,1H3. The predicted molar refractivity (Wildman–Crippen MR) is 59.0 cm³/mol. The van der Waals surface area contributed by atoms with Crippen LogP contribution in [-0.4, -0.2) is 40.4 Å². The van der Waals surface area contributed by atoms with Crippen LogP contribution in [0.4, 0.5) is 0 Å². The molecular formula is C11H15NO4. The lowest BCUT2D eigenvalue weighted by molar-refractivity contribution is 0.0536. The number of nitrogens with zero attached hydrogens (tertiary/aromatic N) is 1. The summed E-state index contributed by atoms with van der Waals surface area (Å²) in [6.07, 6.45) is -0.875. The van der Waals surface area contributed by atoms with Gasteiger partial charge < -0.3 is 20.2 Å². The van der Waals surface area contributed by atoms with Crippen LogP contribution in [0.2, 0.25) is 0 Å². The number of rotatable bonds is 5. The summed E-state index contributed by atoms with van der Waals surface area (Å²) >= 11 is 0. The van der Waals surface area contributed by atoms with Gasteiger partial charge in [-0.05, 0) is 36.8 Å². The van der Waals surface area contributed by atoms with Gasteiger partial charge in [-0.1, -0.05) is 5.16 Å². The molecule has 1 rings (SSSR count). The number of hydrogen-bond donors (Lipinski definition) is 3. The molecule has 16 heavy (non-hydrogen) atoms. The van der Waals surface area contributed by atoms with Crippen molar-refractivity contribution in [3.05, 3.63) is 29.8 Å². The van der Waals surface area contributed by atoms with Crippen LogP contribution in [0.1, 0.15) is 12.5 Å². The lowest BCUT2D eigenvalue weighted by atomic mass is 10.1. The Balaban J connectivity index is 2.58. The maximum absolute atomic E-state index is 9.07. The van der Waals surface area contributed by atoms with E-state index in [1.54, 1.807) is 31.2 Å². The van der Waals surface area contributed by atoms with Gasteiger partial charge in [0.2, 0.25) is 0 Å². The molecule has 0 spiro atoms. The van der Waals surface area contributed by atoms with E-state index in [1.807, 2.05) is 0 Å². The number of aliphatic hydroxyl groups is 2. The molecule has 3 N–H and O–H groups in total. The average molecular weight is 225 g/mol. The van der Waals surface area contributed by atoms with Gasteiger partial charge in [0.05, 0.1) is 12.3 Å². The number of hydrogen-bond acceptors (Lipinski definition) is 5. The van der Waals surface area contributed by atoms with Crippen LogP contribution in [0.15, 0.2) is 29.4 Å². The van der Waals surface area contributed by atoms with Crippen LogP contribution in [0.5, 0.6) is 5.75 Å². The molecule has 0 saturated carbocycles. The smallest absolute Gasteiger partial charge is 0.119 e. The van der Waals surface area contributed by atoms with Gasteiger partial charge in [0.15, 0.2) is 0 Å². The third-order valence-corrected chi connectivity index (χ3v) is 2.08. The van der Waals surface area contributed by atoms with Gasteiger partial charge in [-0.3, -0.25) is 0 Å². The number of oxime groups is 1. The molecule has 0 heterocycles. The molecule has 1 aromatic carbocycles. The van der Waals surface area contributed by atoms with Crippen molar-refractivity contribution >= 4 is 5.71 Å². The summed E-state index contributed by atoms with van der Waals surface area (Å²) in [6.45, 7) is 1.41. The third kappa shape index (κ3) is 3.52. The summed E-state index contributed by atoms with van der Waals surface area (Å²) in [4.78, 5) is 0. The molecule has 1 unspecified atom stereocenters. The Kier molecular flexibility index (Phi) is 4.75. The van der Waals surface area contributed by atoms with E-state index in [4.69, 9.17) is 20.2 Å². The van der Waals surface area contributed by atoms with Crippen LogP contribution < -0.4 is 4.74 Å². The molecule has 1 aromatic rings. The Labute approximate surface area is 93.6 Å². The largest absolute Gasteiger partial charge is 0.491 e. The molecule has 0 aliphatic rings. The van der Waals surface area contributed by atoms with Crippen LogP contribution >= 0.6 is 0 Å². The molecular weight excluding hydrogens is 210 g/mol. The monoisotopic (exact) mass is 225 g/mol. The molecule has 0 aliphatic carbocycles. The van der Waals surface area contributed by atoms with Crippen LogP contribution in [0.25, 0.3) is 0 Å². The van der Waals surface area contributed by atoms with Crippen molar-refractivity contribution in [3.63, 3.8) is 0 Å². The van der Waals surface area contributed by atoms with Crippen molar-refractivity contribution in [2.75, 3.05) is 13.2 Å². The first-order valence-corrected chi connectivity index (χ1v) is 4.88. The second kappa shape index (κ2) is 6.09. The maximum atomic E-state index is 9.07. The van der Waals surface area contributed by atoms with Gasteiger partial charge in [0.1, 0.15) is 18.5 Å². The van der Waals surface area contributed by atoms with E-state index in [2.05, 4.69) is 5.16 Å². The summed E-state index contributed by atoms with van der Waals surface area (Å²) in [5.74, 6) is 0.585. The second-order valence-electron chi connectivity index (χ2n) is 3.36. The molecule has 0 saturated heterocycles. The molecule has 88 valence electrons. The Morgan fingerprint density at radius 2 is 2.00 bits per heavy atom. The minimum atomic E-state index is -0.875. The highest BCUT2D eigenvalue weighted by Gasteiger charge is 2.03. The topological polar surface area (TPSA) is 82.3 Å². The van der Waals surface area contributed by atoms with E-state index < -0.39 is 6.10 Å². The fourth-order valence-corrected chi connectivity index (χ4v) is 1.10. The predicted octanol–water partition coefficient (Wildman–Crippen LogP) is 0.617. The van der Waals surface area contributed by atoms with Gasteiger partial charge in [-0.2, -0.15) is 0 Å². The summed E-state index contributed by atoms with van der Waals surface area (Å²) in [5.41, 5.74) is 1.31. The third-order valence-electron chi connectivity index (χ3n) is 2.08. The number of aliphatic hydroxyl groups excluding tert-OH is 2. The first-order valence-electron chi connectivity index (χ1n) is 4.88. The quantitative estimate of drug-likeness (QED) is 0.389. The molecule has 0 aromatic heterocycles. The minimum absolute atomic E-state index is 0.0446. The van der Waals surface area contributed by atoms with E-state index in [9.17, 15) is 0 Å². The van der Waals surface area contributed by atoms with Gasteiger partial charge in [-0.15, -0.1) is 0 Å². The van der Waals surface area contributed by atoms with Crippen molar-refractivity contribution < 1.29 is 20.2 Å². The fourth-order valence-electron chi connectivity index (χ4n) is 1.10. The SMILES string of the molecule is CC(=NO)c1ccc(OCC(O)CO)cc1. The van der Waals surface area contributed by atoms with E-state index in [0.29, 0.717) is 11.5 Å². The van der Waals surface area contributed by atoms with Crippen LogP contribution in [-0.2, 0) is 0 Å². The Hall–Kier alpha value is -1.59. The van der Waals surface area contributed by atoms with Gasteiger partial charge in [0.25, 0.3) is 0 Å². The average Bonchev–Trinajstić information content (AvgIpc) is 2.35. The van der Waals surface area contributed by atoms with Crippen LogP contribution in [0, 0.1) is 0 Å². The maximum Gasteiger partial charge on any atom is 0.119 e. The Morgan fingerprint density at radius 1 is 1.38 bits per heavy atom. The Morgan fingerprint density at radius 3 is 2.50 bits per heavy atom. The summed E-state index contributed by atoms with van der Waals surface area (Å²) in [6, 6.07) is 6.90. The Bertz CT molecular complexity index is 348. The highest BCUT2D eigenvalue weighted by atomic mass is 16.5. The van der Waals surface area contributed by atoms with Crippen molar-refractivity contribution in [3.8, 4) is 5.75 Å². The molecule has 5 heteroatoms. The van der Waals surface area contributed by atoms with Crippen molar-refractivity contribution in [1.82, 2.24) is 0 Å². The lowest BCUT2D eigenvalue weighted by Crippen LogP contribution is -2.21. The normalized spacial score (nSPS) is 13.6. The zero-order valence-corrected chi connectivity index (χ0v) is 9.00. The second-order valence-corrected chi connectivity index (χ2v) is 3.36. The molecule has 0 aliphatic heterocycles. The van der Waals surface area contributed by atoms with Crippen LogP contribution in [0.3, 0.4) is 0 Å². The highest BCUT2D eigenvalue weighted by Crippen LogP contribution is 2.13. The van der Waals surface area contributed by atoms with E-state index in [-0.39, 0.29) is 13.2 Å². The number of ether oxygens (including phenoxy) is 1. The minimum Gasteiger partial charge on any atom is -0.491 e. The van der Waals surface area contributed by atoms with Gasteiger partial charge in [-0.25, -0.2) is 0 Å². The summed E-state index contributed by atoms with van der Waals surface area (Å²) in [5, 5.41) is 29.3. The lowest BCUT2D eigenvalue weighted by Gasteiger charge is -2.09. The molecule has 0 radical (unpaired) electrons. The molecule has 0 amide bonds. The van der Waals surface area contributed by atoms with Crippen molar-refractivity contribution in [2.24, 2.45) is 5.16 Å². The molecule has 5 nitrogen and oxygen atoms in total. The number of benzene rings is 1. The summed E-state index contributed by atoms with van der Waals surface area (Å²) < 4.78 is 5.21. The van der Waals surface area contributed by atoms with Crippen molar-refractivity contribution in [1.29, 1.82) is 0 Å². The first-order chi connectivity index (χ1) is 7.67. The van der Waals surface area contributed by atoms with Crippen molar-refractivity contribution in [2.45, 2.75) is 13.0 Å². The van der Waals surface area contributed by atoms with Gasteiger partial charge in [0, 0.05) is 0 Å². The molecule has 0 fully saturated rings.